The number of benzene rings is 1. The number of carbonyl (C=O) groups excluding carboxylic acids is 2. The van der Waals surface area contributed by atoms with E-state index < -0.39 is 16.4 Å². The fourth-order valence-electron chi connectivity index (χ4n) is 26.6. The van der Waals surface area contributed by atoms with E-state index in [1.54, 1.807) is 11.3 Å². The van der Waals surface area contributed by atoms with Gasteiger partial charge in [0.1, 0.15) is 11.2 Å². The van der Waals surface area contributed by atoms with Gasteiger partial charge in [-0.05, 0) is 210 Å². The molecule has 1 aromatic rings. The van der Waals surface area contributed by atoms with Gasteiger partial charge in [-0.2, -0.15) is 0 Å². The molecule has 3 N–H and O–H groups in total. The van der Waals surface area contributed by atoms with Crippen LogP contribution >= 0.6 is 0 Å². The molecule has 416 valence electrons. The van der Waals surface area contributed by atoms with Crippen molar-refractivity contribution in [3.05, 3.63) is 81.0 Å². The van der Waals surface area contributed by atoms with E-state index in [9.17, 15) is 5.11 Å². The maximum atomic E-state index is 17.0. The van der Waals surface area contributed by atoms with E-state index in [1.807, 2.05) is 5.57 Å². The second kappa shape index (κ2) is 16.9. The van der Waals surface area contributed by atoms with Crippen molar-refractivity contribution >= 4 is 11.9 Å². The van der Waals surface area contributed by atoms with Crippen molar-refractivity contribution in [3.63, 3.8) is 0 Å². The van der Waals surface area contributed by atoms with Gasteiger partial charge in [0.05, 0.1) is 11.0 Å². The van der Waals surface area contributed by atoms with Crippen LogP contribution in [0.5, 0.6) is 0 Å². The van der Waals surface area contributed by atoms with Crippen molar-refractivity contribution in [3.8, 4) is 0 Å². The van der Waals surface area contributed by atoms with Crippen molar-refractivity contribution in [2.45, 2.75) is 223 Å². The predicted octanol–water partition coefficient (Wildman–Crippen LogP) is 13.9. The maximum Gasteiger partial charge on any atom is 0.339 e. The molecule has 4 saturated heterocycles. The smallest absolute Gasteiger partial charge is 0.339 e. The second-order valence-electron chi connectivity index (χ2n) is 30.8. The highest BCUT2D eigenvalue weighted by molar-refractivity contribution is 6.00. The predicted molar refractivity (Wildman–Crippen MR) is 300 cm³/mol. The molecule has 6 saturated carbocycles. The Labute approximate surface area is 465 Å². The van der Waals surface area contributed by atoms with Crippen molar-refractivity contribution in [2.75, 3.05) is 19.6 Å². The van der Waals surface area contributed by atoms with Gasteiger partial charge in [0.25, 0.3) is 0 Å². The maximum absolute atomic E-state index is 17.0. The van der Waals surface area contributed by atoms with Gasteiger partial charge in [-0.15, -0.1) is 0 Å². The SMILES string of the molecule is NCCCc1cccc2c1C(=O)O[C@@]21[C@H]2C[C@H](C3CCCC3)/C=C\[C@@H]3C[C@@H]4[C@@H]5C6=C3[C@@]23C(=O)O/C(=C(/O)[C@@H]2CC[C@@H]7[C@H]8C[C@@H](CN7[C@H]2C2CC7(CCCC7)C7(CCCC7)C2)[C@H]2CCC(=C5N2C8)C[C@H]4C2CCCCC2)[C@]31CC6. The Bertz CT molecular complexity index is 2850. The summed E-state index contributed by atoms with van der Waals surface area (Å²) in [5, 5.41) is 14.5. The number of hydrogen-bond acceptors (Lipinski definition) is 8. The van der Waals surface area contributed by atoms with Crippen molar-refractivity contribution < 1.29 is 24.2 Å². The Balaban J connectivity index is 0.916. The van der Waals surface area contributed by atoms with E-state index in [4.69, 9.17) is 15.2 Å². The molecule has 15 atom stereocenters. The van der Waals surface area contributed by atoms with E-state index in [2.05, 4.69) is 40.2 Å². The molecule has 0 radical (unpaired) electrons. The topological polar surface area (TPSA) is 105 Å². The molecule has 78 heavy (non-hydrogen) atoms. The lowest BCUT2D eigenvalue weighted by molar-refractivity contribution is -0.282. The van der Waals surface area contributed by atoms with Gasteiger partial charge in [0, 0.05) is 60.2 Å². The minimum Gasteiger partial charge on any atom is -0.508 e. The standard InChI is InChI=1S/C70H91N3O5/c71-31-11-17-42-16-10-18-53-57(42)64(75)78-70(53)56-35-43(40-12-4-5-13-40)19-20-44-33-52-51(41-14-2-1-3-15-41)34-45-21-23-54-46-32-47-39-73(54)61(45)58(52)49-25-30-68(70)63(77-65(76)69(56,68)59(44)49)62(74)50-22-24-55(47)72(38-46)60(50)48-36-66(26-6-7-27-66)67(37-48)28-8-9-29-67/h10,16,18-20,40-41,43-44,46-48,50-52,54-56,58,60,74H,1-9,11-15,17,21-39,71H2/b20-19-,63-62+/t43-,44-,46+,47+,50-,51+,52+,54-,55-,56+,58+,60+,68-,69-,70-/m1/s1. The molecule has 17 aliphatic rings. The molecule has 7 bridgehead atoms. The fraction of sp³-hybridized carbons (Fsp3) is 0.771. The first-order valence-corrected chi connectivity index (χ1v) is 33.6. The molecule has 0 unspecified atom stereocenters. The third-order valence-electron chi connectivity index (χ3n) is 28.8. The Kier molecular flexibility index (Phi) is 10.4. The van der Waals surface area contributed by atoms with Crippen LogP contribution in [0.2, 0.25) is 0 Å². The summed E-state index contributed by atoms with van der Waals surface area (Å²) in [6, 6.07) is 7.85. The highest BCUT2D eigenvalue weighted by Gasteiger charge is 2.94. The van der Waals surface area contributed by atoms with Crippen LogP contribution in [0.25, 0.3) is 0 Å². The number of carbonyl (C=O) groups is 2. The average Bonchev–Trinajstić information content (AvgIpc) is 2.34. The van der Waals surface area contributed by atoms with Gasteiger partial charge < -0.3 is 25.2 Å². The van der Waals surface area contributed by atoms with Gasteiger partial charge in [-0.1, -0.05) is 112 Å². The highest BCUT2D eigenvalue weighted by Crippen LogP contribution is 2.89. The molecule has 5 spiro atoms. The lowest BCUT2D eigenvalue weighted by Gasteiger charge is -2.73. The number of piperidine rings is 3. The van der Waals surface area contributed by atoms with Crippen LogP contribution < -0.4 is 5.73 Å². The van der Waals surface area contributed by atoms with Crippen LogP contribution in [0.15, 0.2) is 64.3 Å². The summed E-state index contributed by atoms with van der Waals surface area (Å²) in [6.45, 7) is 2.89. The molecule has 8 heteroatoms. The van der Waals surface area contributed by atoms with E-state index in [1.165, 1.54) is 160 Å². The lowest BCUT2D eigenvalue weighted by atomic mass is 9.27. The molecule has 0 amide bonds. The monoisotopic (exact) mass is 1050 g/mol. The summed E-state index contributed by atoms with van der Waals surface area (Å²) in [4.78, 5) is 38.8. The summed E-state index contributed by atoms with van der Waals surface area (Å²) in [5.41, 5.74) is 13.2. The van der Waals surface area contributed by atoms with Crippen molar-refractivity contribution in [1.29, 1.82) is 0 Å². The van der Waals surface area contributed by atoms with E-state index in [0.717, 1.165) is 74.1 Å². The number of esters is 2. The zero-order valence-corrected chi connectivity index (χ0v) is 47.1. The number of aliphatic hydroxyl groups is 1. The summed E-state index contributed by atoms with van der Waals surface area (Å²) in [5.74, 6) is 5.23. The van der Waals surface area contributed by atoms with Crippen molar-refractivity contribution in [2.24, 2.45) is 98.4 Å². The van der Waals surface area contributed by atoms with Crippen LogP contribution in [-0.4, -0.2) is 64.6 Å². The van der Waals surface area contributed by atoms with E-state index in [0.29, 0.717) is 88.8 Å². The number of hydrogen-bond donors (Lipinski definition) is 2. The molecule has 10 fully saturated rings. The molecule has 8 nitrogen and oxygen atoms in total. The minimum absolute atomic E-state index is 0.106. The largest absolute Gasteiger partial charge is 0.508 e. The molecule has 18 rings (SSSR count). The number of nitrogens with zero attached hydrogens (tertiary/aromatic N) is 2. The lowest BCUT2D eigenvalue weighted by Crippen LogP contribution is -2.78. The van der Waals surface area contributed by atoms with Gasteiger partial charge in [-0.25, -0.2) is 4.79 Å². The number of aryl methyl sites for hydroxylation is 1. The number of fused-ring (bicyclic) bond motifs is 9. The Morgan fingerprint density at radius 2 is 1.47 bits per heavy atom. The third-order valence-corrected chi connectivity index (χ3v) is 28.8. The quantitative estimate of drug-likeness (QED) is 0.214. The highest BCUT2D eigenvalue weighted by atomic mass is 16.6. The normalized spacial score (nSPS) is 46.7. The Hall–Kier alpha value is -3.36. The number of ether oxygens (including phenoxy) is 2. The van der Waals surface area contributed by atoms with Crippen LogP contribution in [0.4, 0.5) is 0 Å². The fourth-order valence-corrected chi connectivity index (χ4v) is 26.6. The first-order valence-electron chi connectivity index (χ1n) is 33.6. The van der Waals surface area contributed by atoms with Crippen LogP contribution in [0.3, 0.4) is 0 Å². The number of allylic oxidation sites excluding steroid dienone is 4. The van der Waals surface area contributed by atoms with Crippen LogP contribution in [-0.2, 0) is 26.3 Å². The first-order chi connectivity index (χ1) is 38.2. The molecular formula is C70H91N3O5. The zero-order chi connectivity index (χ0) is 51.7. The molecule has 0 aromatic heterocycles. The molecular weight excluding hydrogens is 963 g/mol. The summed E-state index contributed by atoms with van der Waals surface area (Å²) in [6.07, 6.45) is 43.1. The molecule has 7 aliphatic heterocycles. The summed E-state index contributed by atoms with van der Waals surface area (Å²) < 4.78 is 15.1. The van der Waals surface area contributed by atoms with Crippen LogP contribution in [0.1, 0.15) is 214 Å². The Morgan fingerprint density at radius 3 is 2.26 bits per heavy atom. The third kappa shape index (κ3) is 5.75. The van der Waals surface area contributed by atoms with Crippen LogP contribution in [0, 0.1) is 92.7 Å². The average molecular weight is 1050 g/mol. The molecule has 10 aliphatic carbocycles. The number of nitrogens with two attached hydrogens (primary N) is 1. The van der Waals surface area contributed by atoms with E-state index in [-0.39, 0.29) is 41.7 Å². The van der Waals surface area contributed by atoms with E-state index >= 15 is 9.59 Å². The minimum atomic E-state index is -1.13. The first kappa shape index (κ1) is 48.2. The van der Waals surface area contributed by atoms with Gasteiger partial charge in [0.2, 0.25) is 0 Å². The number of rotatable bonds is 6. The van der Waals surface area contributed by atoms with Gasteiger partial charge in [-0.3, -0.25) is 9.69 Å². The van der Waals surface area contributed by atoms with Gasteiger partial charge >= 0.3 is 11.9 Å². The Morgan fingerprint density at radius 1 is 0.718 bits per heavy atom. The summed E-state index contributed by atoms with van der Waals surface area (Å²) >= 11 is 0. The van der Waals surface area contributed by atoms with Gasteiger partial charge in [0.15, 0.2) is 11.4 Å². The van der Waals surface area contributed by atoms with Crippen molar-refractivity contribution in [1.82, 2.24) is 9.80 Å². The number of aliphatic hydroxyl groups excluding tert-OH is 1. The molecule has 1 aromatic carbocycles. The zero-order valence-electron chi connectivity index (χ0n) is 47.1. The second-order valence-corrected chi connectivity index (χ2v) is 30.8. The molecule has 7 heterocycles. The summed E-state index contributed by atoms with van der Waals surface area (Å²) in [7, 11) is 0.